The molecule has 0 unspecified atom stereocenters. The van der Waals surface area contributed by atoms with Crippen molar-refractivity contribution in [3.63, 3.8) is 0 Å². The first kappa shape index (κ1) is 16.6. The summed E-state index contributed by atoms with van der Waals surface area (Å²) in [5.74, 6) is 0.0963. The molecule has 0 aliphatic carbocycles. The third-order valence-corrected chi connectivity index (χ3v) is 5.42. The number of rotatable bonds is 3. The van der Waals surface area contributed by atoms with E-state index in [1.807, 2.05) is 17.0 Å². The average molecular weight is 351 g/mol. The van der Waals surface area contributed by atoms with E-state index in [4.69, 9.17) is 0 Å². The zero-order chi connectivity index (χ0) is 18.0. The van der Waals surface area contributed by atoms with Crippen LogP contribution in [0.25, 0.3) is 0 Å². The predicted molar refractivity (Wildman–Crippen MR) is 93.9 cm³/mol. The summed E-state index contributed by atoms with van der Waals surface area (Å²) in [5.41, 5.74) is 1.16. The van der Waals surface area contributed by atoms with Crippen molar-refractivity contribution in [2.45, 2.75) is 25.8 Å². The van der Waals surface area contributed by atoms with Gasteiger partial charge >= 0.3 is 0 Å². The molecule has 1 atom stereocenters. The average Bonchev–Trinajstić information content (AvgIpc) is 2.98. The van der Waals surface area contributed by atoms with E-state index in [1.165, 1.54) is 12.4 Å². The van der Waals surface area contributed by atoms with Crippen molar-refractivity contribution in [1.82, 2.24) is 25.0 Å². The minimum atomic E-state index is -0.443. The summed E-state index contributed by atoms with van der Waals surface area (Å²) in [5, 5.41) is 7.51. The number of aromatic nitrogens is 3. The molecule has 2 amide bonds. The van der Waals surface area contributed by atoms with Crippen LogP contribution < -0.4 is 0 Å². The third-order valence-electron chi connectivity index (χ3n) is 5.42. The molecule has 1 spiro atoms. The summed E-state index contributed by atoms with van der Waals surface area (Å²) in [4.78, 5) is 33.6. The van der Waals surface area contributed by atoms with Gasteiger partial charge in [-0.25, -0.2) is 0 Å². The number of amides is 2. The van der Waals surface area contributed by atoms with Crippen molar-refractivity contribution in [2.24, 2.45) is 5.41 Å². The van der Waals surface area contributed by atoms with Crippen LogP contribution in [-0.2, 0) is 11.3 Å². The molecule has 0 radical (unpaired) electrons. The van der Waals surface area contributed by atoms with E-state index < -0.39 is 5.41 Å². The van der Waals surface area contributed by atoms with Crippen LogP contribution in [-0.4, -0.2) is 56.4 Å². The van der Waals surface area contributed by atoms with Gasteiger partial charge in [0, 0.05) is 38.6 Å². The summed E-state index contributed by atoms with van der Waals surface area (Å²) >= 11 is 0. The van der Waals surface area contributed by atoms with E-state index in [0.717, 1.165) is 31.4 Å². The Morgan fingerprint density at radius 1 is 1.08 bits per heavy atom. The van der Waals surface area contributed by atoms with Gasteiger partial charge in [-0.3, -0.25) is 14.6 Å². The Balaban J connectivity index is 1.48. The summed E-state index contributed by atoms with van der Waals surface area (Å²) in [7, 11) is 0. The first-order valence-electron chi connectivity index (χ1n) is 8.92. The summed E-state index contributed by atoms with van der Waals surface area (Å²) < 4.78 is 0. The van der Waals surface area contributed by atoms with Crippen LogP contribution in [0.1, 0.15) is 35.2 Å². The molecule has 7 nitrogen and oxygen atoms in total. The van der Waals surface area contributed by atoms with Crippen molar-refractivity contribution in [2.75, 3.05) is 19.6 Å². The van der Waals surface area contributed by atoms with Gasteiger partial charge < -0.3 is 9.80 Å². The van der Waals surface area contributed by atoms with Gasteiger partial charge in [0.2, 0.25) is 5.91 Å². The number of pyridine rings is 1. The minimum Gasteiger partial charge on any atom is -0.338 e. The molecule has 0 bridgehead atoms. The normalized spacial score (nSPS) is 22.8. The van der Waals surface area contributed by atoms with E-state index in [0.29, 0.717) is 25.2 Å². The monoisotopic (exact) mass is 351 g/mol. The van der Waals surface area contributed by atoms with Gasteiger partial charge in [-0.05, 0) is 43.0 Å². The quantitative estimate of drug-likeness (QED) is 0.838. The first-order valence-corrected chi connectivity index (χ1v) is 8.92. The van der Waals surface area contributed by atoms with Crippen LogP contribution in [0.15, 0.2) is 43.0 Å². The Bertz CT molecular complexity index is 798. The second-order valence-electron chi connectivity index (χ2n) is 7.07. The van der Waals surface area contributed by atoms with Gasteiger partial charge in [0.25, 0.3) is 5.91 Å². The third kappa shape index (κ3) is 3.05. The fraction of sp³-hybridized carbons (Fsp3) is 0.421. The molecule has 0 saturated carbocycles. The molecule has 0 aromatic carbocycles. The Morgan fingerprint density at radius 3 is 2.69 bits per heavy atom. The Kier molecular flexibility index (Phi) is 4.36. The summed E-state index contributed by atoms with van der Waals surface area (Å²) in [6.07, 6.45) is 8.98. The van der Waals surface area contributed by atoms with E-state index in [2.05, 4.69) is 15.2 Å². The lowest BCUT2D eigenvalue weighted by Crippen LogP contribution is -2.49. The number of carbonyl (C=O) groups excluding carboxylic acids is 2. The maximum Gasteiger partial charge on any atom is 0.255 e. The van der Waals surface area contributed by atoms with Gasteiger partial charge in [-0.2, -0.15) is 10.2 Å². The highest BCUT2D eigenvalue weighted by atomic mass is 16.2. The minimum absolute atomic E-state index is 0.0700. The molecule has 134 valence electrons. The summed E-state index contributed by atoms with van der Waals surface area (Å²) in [6.45, 7) is 2.51. The van der Waals surface area contributed by atoms with Crippen molar-refractivity contribution >= 4 is 11.8 Å². The number of hydrogen-bond acceptors (Lipinski definition) is 5. The van der Waals surface area contributed by atoms with Crippen molar-refractivity contribution in [3.05, 3.63) is 54.1 Å². The molecule has 2 aliphatic heterocycles. The molecule has 2 saturated heterocycles. The smallest absolute Gasteiger partial charge is 0.255 e. The molecular weight excluding hydrogens is 330 g/mol. The lowest BCUT2D eigenvalue weighted by molar-refractivity contribution is -0.138. The van der Waals surface area contributed by atoms with Gasteiger partial charge in [0.15, 0.2) is 0 Å². The van der Waals surface area contributed by atoms with E-state index in [9.17, 15) is 9.59 Å². The topological polar surface area (TPSA) is 79.3 Å². The number of piperidine rings is 1. The van der Waals surface area contributed by atoms with E-state index >= 15 is 0 Å². The van der Waals surface area contributed by atoms with Crippen molar-refractivity contribution in [1.29, 1.82) is 0 Å². The highest BCUT2D eigenvalue weighted by molar-refractivity contribution is 5.94. The van der Waals surface area contributed by atoms with Gasteiger partial charge in [-0.1, -0.05) is 0 Å². The predicted octanol–water partition coefficient (Wildman–Crippen LogP) is 1.53. The van der Waals surface area contributed by atoms with Crippen LogP contribution >= 0.6 is 0 Å². The molecule has 7 heteroatoms. The highest BCUT2D eigenvalue weighted by Crippen LogP contribution is 2.41. The Hall–Kier alpha value is -2.83. The fourth-order valence-corrected chi connectivity index (χ4v) is 4.04. The van der Waals surface area contributed by atoms with E-state index in [1.54, 1.807) is 23.4 Å². The molecule has 2 aromatic rings. The number of nitrogens with zero attached hydrogens (tertiary/aromatic N) is 5. The maximum absolute atomic E-state index is 13.1. The fourth-order valence-electron chi connectivity index (χ4n) is 4.04. The largest absolute Gasteiger partial charge is 0.338 e. The van der Waals surface area contributed by atoms with Gasteiger partial charge in [-0.15, -0.1) is 0 Å². The standard InChI is InChI=1S/C19H21N5O2/c25-17(16-4-9-21-22-12-16)24-10-1-5-19(14-24)6-11-23(18(19)26)13-15-2-7-20-8-3-15/h2-4,7-9,12H,1,5-6,10-11,13-14H2/t19-/m0/s1. The van der Waals surface area contributed by atoms with Crippen LogP contribution in [0.2, 0.25) is 0 Å². The zero-order valence-electron chi connectivity index (χ0n) is 14.5. The molecular formula is C19H21N5O2. The molecule has 0 N–H and O–H groups in total. The van der Waals surface area contributed by atoms with Crippen molar-refractivity contribution in [3.8, 4) is 0 Å². The van der Waals surface area contributed by atoms with Gasteiger partial charge in [0.1, 0.15) is 0 Å². The Labute approximate surface area is 152 Å². The molecule has 4 rings (SSSR count). The summed E-state index contributed by atoms with van der Waals surface area (Å²) in [6, 6.07) is 5.54. The zero-order valence-corrected chi connectivity index (χ0v) is 14.5. The second-order valence-corrected chi connectivity index (χ2v) is 7.07. The number of hydrogen-bond donors (Lipinski definition) is 0. The SMILES string of the molecule is O=C(c1ccnnc1)N1CCC[C@]2(CCN(Cc3ccncc3)C2=O)C1. The number of likely N-dealkylation sites (tertiary alicyclic amines) is 2. The van der Waals surface area contributed by atoms with Crippen LogP contribution in [0.3, 0.4) is 0 Å². The molecule has 2 aromatic heterocycles. The lowest BCUT2D eigenvalue weighted by Gasteiger charge is -2.39. The lowest BCUT2D eigenvalue weighted by atomic mass is 9.78. The molecule has 4 heterocycles. The second kappa shape index (κ2) is 6.82. The van der Waals surface area contributed by atoms with Crippen LogP contribution in [0.4, 0.5) is 0 Å². The highest BCUT2D eigenvalue weighted by Gasteiger charge is 2.49. The molecule has 2 aliphatic rings. The maximum atomic E-state index is 13.1. The van der Waals surface area contributed by atoms with Gasteiger partial charge in [0.05, 0.1) is 23.4 Å². The molecule has 2 fully saturated rings. The van der Waals surface area contributed by atoms with Crippen LogP contribution in [0, 0.1) is 5.41 Å². The van der Waals surface area contributed by atoms with Crippen molar-refractivity contribution < 1.29 is 9.59 Å². The number of carbonyl (C=O) groups is 2. The van der Waals surface area contributed by atoms with E-state index in [-0.39, 0.29) is 11.8 Å². The first-order chi connectivity index (χ1) is 12.7. The van der Waals surface area contributed by atoms with Crippen LogP contribution in [0.5, 0.6) is 0 Å². The molecule has 26 heavy (non-hydrogen) atoms. The Morgan fingerprint density at radius 2 is 1.92 bits per heavy atom.